The molecule has 0 heterocycles. The highest BCUT2D eigenvalue weighted by Crippen LogP contribution is 2.29. The second-order valence-corrected chi connectivity index (χ2v) is 5.42. The predicted octanol–water partition coefficient (Wildman–Crippen LogP) is 3.04. The van der Waals surface area contributed by atoms with Crippen molar-refractivity contribution in [3.05, 3.63) is 47.5 Å². The maximum atomic E-state index is 10.0. The topological polar surface area (TPSA) is 83.6 Å². The van der Waals surface area contributed by atoms with Crippen LogP contribution in [-0.4, -0.2) is 49.4 Å². The van der Waals surface area contributed by atoms with Crippen molar-refractivity contribution < 1.29 is 19.7 Å². The molecule has 1 atom stereocenters. The number of ether oxygens (including phenoxy) is 2. The van der Waals surface area contributed by atoms with Gasteiger partial charge in [-0.25, -0.2) is 0 Å². The SMILES string of the molecule is COc1cccc(C=NC[C@H](C)N=Cc2cccc(OC)c2O)c1O. The zero-order chi connectivity index (χ0) is 18.2. The van der Waals surface area contributed by atoms with E-state index < -0.39 is 0 Å². The summed E-state index contributed by atoms with van der Waals surface area (Å²) in [5, 5.41) is 20.0. The van der Waals surface area contributed by atoms with Crippen molar-refractivity contribution in [3.63, 3.8) is 0 Å². The lowest BCUT2D eigenvalue weighted by atomic mass is 10.2. The fourth-order valence-electron chi connectivity index (χ4n) is 2.17. The molecule has 0 unspecified atom stereocenters. The highest BCUT2D eigenvalue weighted by atomic mass is 16.5. The third kappa shape index (κ3) is 4.73. The molecular formula is C19H22N2O4. The largest absolute Gasteiger partial charge is 0.504 e. The molecular weight excluding hydrogens is 320 g/mol. The Kier molecular flexibility index (Phi) is 6.39. The van der Waals surface area contributed by atoms with E-state index >= 15 is 0 Å². The van der Waals surface area contributed by atoms with Crippen LogP contribution in [0.15, 0.2) is 46.4 Å². The molecule has 0 spiro atoms. The Balaban J connectivity index is 2.00. The molecule has 2 aromatic rings. The molecule has 0 radical (unpaired) electrons. The van der Waals surface area contributed by atoms with Crippen LogP contribution < -0.4 is 9.47 Å². The molecule has 0 aromatic heterocycles. The first-order chi connectivity index (χ1) is 12.1. The van der Waals surface area contributed by atoms with E-state index in [-0.39, 0.29) is 17.5 Å². The van der Waals surface area contributed by atoms with Crippen LogP contribution in [-0.2, 0) is 0 Å². The molecule has 0 bridgehead atoms. The highest BCUT2D eigenvalue weighted by Gasteiger charge is 2.06. The number of nitrogens with zero attached hydrogens (tertiary/aromatic N) is 2. The second kappa shape index (κ2) is 8.73. The van der Waals surface area contributed by atoms with E-state index in [0.717, 1.165) is 0 Å². The lowest BCUT2D eigenvalue weighted by Gasteiger charge is -2.07. The van der Waals surface area contributed by atoms with Gasteiger partial charge in [-0.3, -0.25) is 9.98 Å². The maximum absolute atomic E-state index is 10.0. The van der Waals surface area contributed by atoms with E-state index in [0.29, 0.717) is 29.2 Å². The number of aromatic hydroxyl groups is 2. The third-order valence-electron chi connectivity index (χ3n) is 3.57. The van der Waals surface area contributed by atoms with Crippen molar-refractivity contribution in [2.45, 2.75) is 13.0 Å². The van der Waals surface area contributed by atoms with Crippen molar-refractivity contribution in [2.24, 2.45) is 9.98 Å². The third-order valence-corrected chi connectivity index (χ3v) is 3.57. The molecule has 132 valence electrons. The Labute approximate surface area is 147 Å². The van der Waals surface area contributed by atoms with E-state index in [2.05, 4.69) is 9.98 Å². The van der Waals surface area contributed by atoms with Crippen LogP contribution in [0.5, 0.6) is 23.0 Å². The van der Waals surface area contributed by atoms with Gasteiger partial charge in [0.2, 0.25) is 0 Å². The molecule has 2 rings (SSSR count). The monoisotopic (exact) mass is 342 g/mol. The van der Waals surface area contributed by atoms with Crippen molar-refractivity contribution in [1.29, 1.82) is 0 Å². The van der Waals surface area contributed by atoms with Crippen LogP contribution in [0.4, 0.5) is 0 Å². The minimum absolute atomic E-state index is 0.0609. The van der Waals surface area contributed by atoms with Gasteiger partial charge in [-0.05, 0) is 31.2 Å². The normalized spacial score (nSPS) is 12.6. The summed E-state index contributed by atoms with van der Waals surface area (Å²) in [7, 11) is 3.00. The van der Waals surface area contributed by atoms with E-state index in [9.17, 15) is 10.2 Å². The number of phenolic OH excluding ortho intramolecular Hbond substituents is 2. The van der Waals surface area contributed by atoms with Gasteiger partial charge in [0, 0.05) is 23.6 Å². The van der Waals surface area contributed by atoms with Crippen molar-refractivity contribution >= 4 is 12.4 Å². The van der Waals surface area contributed by atoms with Gasteiger partial charge in [0.1, 0.15) is 0 Å². The molecule has 0 saturated carbocycles. The predicted molar refractivity (Wildman–Crippen MR) is 98.8 cm³/mol. The highest BCUT2D eigenvalue weighted by molar-refractivity contribution is 5.85. The van der Waals surface area contributed by atoms with E-state index in [1.54, 1.807) is 48.8 Å². The van der Waals surface area contributed by atoms with E-state index in [1.807, 2.05) is 6.92 Å². The van der Waals surface area contributed by atoms with Gasteiger partial charge >= 0.3 is 0 Å². The summed E-state index contributed by atoms with van der Waals surface area (Å²) in [6.07, 6.45) is 3.19. The first-order valence-corrected chi connectivity index (χ1v) is 7.81. The standard InChI is InChI=1S/C19H22N2O4/c1-13(21-12-15-7-5-9-17(25-3)19(15)23)10-20-11-14-6-4-8-16(24-2)18(14)22/h4-9,11-13,22-23H,10H2,1-3H3/t13-/m0/s1. The zero-order valence-electron chi connectivity index (χ0n) is 14.5. The Morgan fingerprint density at radius 1 is 0.920 bits per heavy atom. The molecule has 0 fully saturated rings. The summed E-state index contributed by atoms with van der Waals surface area (Å²) in [5.74, 6) is 0.934. The summed E-state index contributed by atoms with van der Waals surface area (Å²) >= 11 is 0. The van der Waals surface area contributed by atoms with Gasteiger partial charge in [-0.15, -0.1) is 0 Å². The maximum Gasteiger partial charge on any atom is 0.166 e. The number of benzene rings is 2. The van der Waals surface area contributed by atoms with Crippen molar-refractivity contribution in [3.8, 4) is 23.0 Å². The number of rotatable bonds is 7. The average Bonchev–Trinajstić information content (AvgIpc) is 2.62. The Morgan fingerprint density at radius 3 is 1.96 bits per heavy atom. The molecule has 0 aliphatic carbocycles. The van der Waals surface area contributed by atoms with E-state index in [1.165, 1.54) is 14.2 Å². The van der Waals surface area contributed by atoms with Gasteiger partial charge in [-0.1, -0.05) is 12.1 Å². The number of methoxy groups -OCH3 is 2. The summed E-state index contributed by atoms with van der Waals surface area (Å²) in [6.45, 7) is 2.36. The minimum atomic E-state index is -0.0883. The van der Waals surface area contributed by atoms with Crippen molar-refractivity contribution in [2.75, 3.05) is 20.8 Å². The lowest BCUT2D eigenvalue weighted by molar-refractivity contribution is 0.373. The summed E-state index contributed by atoms with van der Waals surface area (Å²) in [6, 6.07) is 10.4. The summed E-state index contributed by atoms with van der Waals surface area (Å²) in [5.41, 5.74) is 1.17. The average molecular weight is 342 g/mol. The molecule has 0 amide bonds. The molecule has 6 nitrogen and oxygen atoms in total. The van der Waals surface area contributed by atoms with Gasteiger partial charge < -0.3 is 19.7 Å². The first kappa shape index (κ1) is 18.3. The Hall–Kier alpha value is -3.02. The van der Waals surface area contributed by atoms with Crippen LogP contribution in [0.3, 0.4) is 0 Å². The zero-order valence-corrected chi connectivity index (χ0v) is 14.5. The van der Waals surface area contributed by atoms with Gasteiger partial charge in [0.15, 0.2) is 23.0 Å². The number of hydrogen-bond donors (Lipinski definition) is 2. The molecule has 2 N–H and O–H groups in total. The van der Waals surface area contributed by atoms with E-state index in [4.69, 9.17) is 9.47 Å². The molecule has 0 aliphatic heterocycles. The summed E-state index contributed by atoms with van der Waals surface area (Å²) < 4.78 is 10.1. The van der Waals surface area contributed by atoms with Crippen LogP contribution >= 0.6 is 0 Å². The summed E-state index contributed by atoms with van der Waals surface area (Å²) in [4.78, 5) is 8.68. The smallest absolute Gasteiger partial charge is 0.166 e. The van der Waals surface area contributed by atoms with Gasteiger partial charge in [0.05, 0.1) is 26.8 Å². The molecule has 2 aromatic carbocycles. The fourth-order valence-corrected chi connectivity index (χ4v) is 2.17. The number of phenols is 2. The Bertz CT molecular complexity index is 772. The van der Waals surface area contributed by atoms with Crippen LogP contribution in [0.2, 0.25) is 0 Å². The molecule has 0 saturated heterocycles. The molecule has 25 heavy (non-hydrogen) atoms. The van der Waals surface area contributed by atoms with Gasteiger partial charge in [-0.2, -0.15) is 0 Å². The quantitative estimate of drug-likeness (QED) is 0.758. The first-order valence-electron chi connectivity index (χ1n) is 7.81. The minimum Gasteiger partial charge on any atom is -0.504 e. The number of hydrogen-bond acceptors (Lipinski definition) is 6. The number of aliphatic imine (C=N–C) groups is 2. The van der Waals surface area contributed by atoms with Crippen LogP contribution in [0.25, 0.3) is 0 Å². The molecule has 0 aliphatic rings. The number of para-hydroxylation sites is 2. The molecule has 6 heteroatoms. The Morgan fingerprint density at radius 2 is 1.44 bits per heavy atom. The van der Waals surface area contributed by atoms with Crippen LogP contribution in [0.1, 0.15) is 18.1 Å². The van der Waals surface area contributed by atoms with Gasteiger partial charge in [0.25, 0.3) is 0 Å². The van der Waals surface area contributed by atoms with Crippen LogP contribution in [0, 0.1) is 0 Å². The fraction of sp³-hybridized carbons (Fsp3) is 0.263. The van der Waals surface area contributed by atoms with Crippen molar-refractivity contribution in [1.82, 2.24) is 0 Å². The lowest BCUT2D eigenvalue weighted by Crippen LogP contribution is -2.04. The second-order valence-electron chi connectivity index (χ2n) is 5.42.